The molecule has 1 N–H and O–H groups in total. The van der Waals surface area contributed by atoms with E-state index in [4.69, 9.17) is 4.84 Å². The molecule has 3 rings (SSSR count). The molecule has 0 radical (unpaired) electrons. The van der Waals surface area contributed by atoms with Crippen molar-refractivity contribution in [3.63, 3.8) is 0 Å². The first-order chi connectivity index (χ1) is 12.1. The van der Waals surface area contributed by atoms with E-state index in [1.807, 2.05) is 49.4 Å². The number of rotatable bonds is 5. The van der Waals surface area contributed by atoms with Crippen LogP contribution in [-0.2, 0) is 18.5 Å². The SMILES string of the molecule is CC/C(=N\OCc1ccccc1)c1c(O)c2ccccc2n(C)c1=O. The first-order valence-electron chi connectivity index (χ1n) is 8.17. The summed E-state index contributed by atoms with van der Waals surface area (Å²) in [4.78, 5) is 18.1. The van der Waals surface area contributed by atoms with Gasteiger partial charge in [0, 0.05) is 12.4 Å². The second-order valence-electron chi connectivity index (χ2n) is 5.76. The molecule has 5 heteroatoms. The fourth-order valence-corrected chi connectivity index (χ4v) is 2.79. The average molecular weight is 336 g/mol. The van der Waals surface area contributed by atoms with Gasteiger partial charge >= 0.3 is 0 Å². The Balaban J connectivity index is 2.01. The van der Waals surface area contributed by atoms with E-state index in [0.29, 0.717) is 29.6 Å². The highest BCUT2D eigenvalue weighted by atomic mass is 16.6. The van der Waals surface area contributed by atoms with Crippen LogP contribution in [0.3, 0.4) is 0 Å². The van der Waals surface area contributed by atoms with E-state index >= 15 is 0 Å². The van der Waals surface area contributed by atoms with Crippen molar-refractivity contribution in [2.45, 2.75) is 20.0 Å². The normalized spacial score (nSPS) is 11.7. The monoisotopic (exact) mass is 336 g/mol. The van der Waals surface area contributed by atoms with Gasteiger partial charge in [0.15, 0.2) is 0 Å². The molecule has 5 nitrogen and oxygen atoms in total. The summed E-state index contributed by atoms with van der Waals surface area (Å²) in [6.45, 7) is 2.18. The Hall–Kier alpha value is -3.08. The lowest BCUT2D eigenvalue weighted by molar-refractivity contribution is 0.130. The van der Waals surface area contributed by atoms with E-state index in [1.165, 1.54) is 4.57 Å². The van der Waals surface area contributed by atoms with Crippen molar-refractivity contribution in [3.8, 4) is 5.75 Å². The highest BCUT2D eigenvalue weighted by Crippen LogP contribution is 2.26. The summed E-state index contributed by atoms with van der Waals surface area (Å²) in [5.74, 6) is -0.0531. The highest BCUT2D eigenvalue weighted by molar-refractivity contribution is 6.06. The van der Waals surface area contributed by atoms with Gasteiger partial charge in [-0.1, -0.05) is 54.5 Å². The van der Waals surface area contributed by atoms with Gasteiger partial charge in [-0.25, -0.2) is 0 Å². The minimum atomic E-state index is -0.292. The van der Waals surface area contributed by atoms with Gasteiger partial charge in [0.05, 0.1) is 11.2 Å². The van der Waals surface area contributed by atoms with E-state index in [0.717, 1.165) is 5.56 Å². The van der Waals surface area contributed by atoms with Gasteiger partial charge in [-0.3, -0.25) is 4.79 Å². The molecule has 0 fully saturated rings. The van der Waals surface area contributed by atoms with E-state index in [-0.39, 0.29) is 16.9 Å². The van der Waals surface area contributed by atoms with Crippen molar-refractivity contribution in [2.75, 3.05) is 0 Å². The number of hydrogen-bond donors (Lipinski definition) is 1. The van der Waals surface area contributed by atoms with Crippen LogP contribution in [0.5, 0.6) is 5.75 Å². The van der Waals surface area contributed by atoms with Gasteiger partial charge < -0.3 is 14.5 Å². The third-order valence-electron chi connectivity index (χ3n) is 4.15. The van der Waals surface area contributed by atoms with Crippen molar-refractivity contribution < 1.29 is 9.94 Å². The Morgan fingerprint density at radius 2 is 1.80 bits per heavy atom. The van der Waals surface area contributed by atoms with Crippen molar-refractivity contribution in [3.05, 3.63) is 76.1 Å². The van der Waals surface area contributed by atoms with Crippen LogP contribution in [0.4, 0.5) is 0 Å². The molecule has 0 bridgehead atoms. The number of pyridine rings is 1. The van der Waals surface area contributed by atoms with Crippen LogP contribution in [0, 0.1) is 0 Å². The Morgan fingerprint density at radius 3 is 2.52 bits per heavy atom. The molecule has 0 amide bonds. The van der Waals surface area contributed by atoms with Crippen molar-refractivity contribution >= 4 is 16.6 Å². The first kappa shape index (κ1) is 16.8. The summed E-state index contributed by atoms with van der Waals surface area (Å²) in [6.07, 6.45) is 0.468. The van der Waals surface area contributed by atoms with Crippen molar-refractivity contribution in [2.24, 2.45) is 12.2 Å². The molecule has 0 aliphatic carbocycles. The minimum Gasteiger partial charge on any atom is -0.506 e. The number of aromatic nitrogens is 1. The molecule has 3 aromatic rings. The Bertz CT molecular complexity index is 975. The molecule has 25 heavy (non-hydrogen) atoms. The van der Waals surface area contributed by atoms with Gasteiger partial charge in [-0.05, 0) is 24.1 Å². The summed E-state index contributed by atoms with van der Waals surface area (Å²) in [5.41, 5.74) is 1.99. The van der Waals surface area contributed by atoms with Crippen molar-refractivity contribution in [1.29, 1.82) is 0 Å². The summed E-state index contributed by atoms with van der Waals surface area (Å²) in [6, 6.07) is 16.9. The van der Waals surface area contributed by atoms with Gasteiger partial charge in [-0.15, -0.1) is 0 Å². The second kappa shape index (κ2) is 7.21. The Labute approximate surface area is 145 Å². The van der Waals surface area contributed by atoms with Gasteiger partial charge in [0.2, 0.25) is 0 Å². The molecule has 1 aromatic heterocycles. The number of aromatic hydroxyl groups is 1. The number of para-hydroxylation sites is 1. The molecule has 0 aliphatic heterocycles. The predicted octanol–water partition coefficient (Wildman–Crippen LogP) is 3.58. The van der Waals surface area contributed by atoms with Crippen LogP contribution >= 0.6 is 0 Å². The standard InChI is InChI=1S/C20H20N2O3/c1-3-16(21-25-13-14-9-5-4-6-10-14)18-19(23)15-11-7-8-12-17(15)22(2)20(18)24/h4-12,23H,3,13H2,1-2H3/b21-16+. The van der Waals surface area contributed by atoms with Crippen LogP contribution in [0.15, 0.2) is 64.5 Å². The Kier molecular flexibility index (Phi) is 4.84. The number of aryl methyl sites for hydroxylation is 1. The molecule has 0 aliphatic rings. The van der Waals surface area contributed by atoms with Crippen molar-refractivity contribution in [1.82, 2.24) is 4.57 Å². The maximum absolute atomic E-state index is 12.7. The van der Waals surface area contributed by atoms with Gasteiger partial charge in [-0.2, -0.15) is 0 Å². The minimum absolute atomic E-state index is 0.0531. The summed E-state index contributed by atoms with van der Waals surface area (Å²) in [7, 11) is 1.69. The predicted molar refractivity (Wildman–Crippen MR) is 98.9 cm³/mol. The maximum Gasteiger partial charge on any atom is 0.263 e. The maximum atomic E-state index is 12.7. The molecule has 0 saturated heterocycles. The molecule has 0 atom stereocenters. The lowest BCUT2D eigenvalue weighted by atomic mass is 10.0. The quantitative estimate of drug-likeness (QED) is 0.572. The van der Waals surface area contributed by atoms with E-state index in [9.17, 15) is 9.90 Å². The third kappa shape index (κ3) is 3.26. The number of nitrogens with zero attached hydrogens (tertiary/aromatic N) is 2. The molecular weight excluding hydrogens is 316 g/mol. The fraction of sp³-hybridized carbons (Fsp3) is 0.200. The zero-order valence-corrected chi connectivity index (χ0v) is 14.3. The highest BCUT2D eigenvalue weighted by Gasteiger charge is 2.18. The zero-order valence-electron chi connectivity index (χ0n) is 14.3. The molecular formula is C20H20N2O3. The largest absolute Gasteiger partial charge is 0.506 e. The molecule has 128 valence electrons. The average Bonchev–Trinajstić information content (AvgIpc) is 2.66. The number of benzene rings is 2. The van der Waals surface area contributed by atoms with Crippen LogP contribution in [0.2, 0.25) is 0 Å². The van der Waals surface area contributed by atoms with Gasteiger partial charge in [0.25, 0.3) is 5.56 Å². The number of oxime groups is 1. The van der Waals surface area contributed by atoms with Gasteiger partial charge in [0.1, 0.15) is 17.9 Å². The summed E-state index contributed by atoms with van der Waals surface area (Å²) < 4.78 is 1.52. The fourth-order valence-electron chi connectivity index (χ4n) is 2.79. The number of fused-ring (bicyclic) bond motifs is 1. The van der Waals surface area contributed by atoms with Crippen LogP contribution in [0.1, 0.15) is 24.5 Å². The second-order valence-corrected chi connectivity index (χ2v) is 5.76. The topological polar surface area (TPSA) is 63.8 Å². The number of hydrogen-bond acceptors (Lipinski definition) is 4. The lowest BCUT2D eigenvalue weighted by Gasteiger charge is -2.12. The zero-order chi connectivity index (χ0) is 17.8. The molecule has 0 unspecified atom stereocenters. The van der Waals surface area contributed by atoms with Crippen LogP contribution in [-0.4, -0.2) is 15.4 Å². The Morgan fingerprint density at radius 1 is 1.12 bits per heavy atom. The molecule has 0 saturated carbocycles. The first-order valence-corrected chi connectivity index (χ1v) is 8.17. The molecule has 0 spiro atoms. The van der Waals surface area contributed by atoms with Crippen LogP contribution in [0.25, 0.3) is 10.9 Å². The third-order valence-corrected chi connectivity index (χ3v) is 4.15. The van der Waals surface area contributed by atoms with Crippen LogP contribution < -0.4 is 5.56 Å². The molecule has 2 aromatic carbocycles. The summed E-state index contributed by atoms with van der Waals surface area (Å²) in [5, 5.41) is 15.4. The molecule has 1 heterocycles. The lowest BCUT2D eigenvalue weighted by Crippen LogP contribution is -2.25. The van der Waals surface area contributed by atoms with E-state index < -0.39 is 0 Å². The smallest absolute Gasteiger partial charge is 0.263 e. The van der Waals surface area contributed by atoms with E-state index in [2.05, 4.69) is 5.16 Å². The van der Waals surface area contributed by atoms with E-state index in [1.54, 1.807) is 19.2 Å². The summed E-state index contributed by atoms with van der Waals surface area (Å²) >= 11 is 0.